The van der Waals surface area contributed by atoms with E-state index in [2.05, 4.69) is 0 Å². The summed E-state index contributed by atoms with van der Waals surface area (Å²) in [6.45, 7) is -2.48. The first-order valence-electron chi connectivity index (χ1n) is 6.02. The average molecular weight is 233 g/mol. The molecule has 2 rings (SSSR count). The summed E-state index contributed by atoms with van der Waals surface area (Å²) in [4.78, 5) is 11.8. The van der Waals surface area contributed by atoms with E-state index in [4.69, 9.17) is 7.48 Å². The smallest absolute Gasteiger partial charge is 0.255 e. The minimum Gasteiger partial charge on any atom is -0.497 e. The van der Waals surface area contributed by atoms with Crippen LogP contribution < -0.4 is 10.3 Å². The Bertz CT molecular complexity index is 630. The van der Waals surface area contributed by atoms with E-state index in [0.717, 1.165) is 0 Å². The highest BCUT2D eigenvalue weighted by atomic mass is 16.5. The van der Waals surface area contributed by atoms with E-state index in [1.165, 1.54) is 22.9 Å². The molecule has 1 heterocycles. The van der Waals surface area contributed by atoms with Gasteiger partial charge in [0.2, 0.25) is 0 Å². The van der Waals surface area contributed by atoms with Crippen LogP contribution in [-0.4, -0.2) is 16.8 Å². The Morgan fingerprint density at radius 2 is 2.00 bits per heavy atom. The normalized spacial score (nSPS) is 12.8. The molecule has 0 aliphatic rings. The van der Waals surface area contributed by atoms with Crippen molar-refractivity contribution in [1.29, 1.82) is 0 Å². The van der Waals surface area contributed by atoms with Gasteiger partial charge in [0, 0.05) is 18.0 Å². The molecule has 4 heteroatoms. The van der Waals surface area contributed by atoms with Crippen molar-refractivity contribution in [2.24, 2.45) is 0 Å². The topological polar surface area (TPSA) is 51.5 Å². The molecule has 0 radical (unpaired) electrons. The van der Waals surface area contributed by atoms with Gasteiger partial charge in [-0.3, -0.25) is 9.36 Å². The van der Waals surface area contributed by atoms with Crippen LogP contribution >= 0.6 is 0 Å². The van der Waals surface area contributed by atoms with E-state index in [9.17, 15) is 9.90 Å². The largest absolute Gasteiger partial charge is 0.497 e. The predicted molar refractivity (Wildman–Crippen MR) is 64.5 cm³/mol. The molecule has 0 aliphatic heterocycles. The van der Waals surface area contributed by atoms with Gasteiger partial charge in [-0.05, 0) is 35.9 Å². The Morgan fingerprint density at radius 3 is 2.59 bits per heavy atom. The summed E-state index contributed by atoms with van der Waals surface area (Å²) in [5, 5.41) is 9.33. The maximum atomic E-state index is 11.8. The number of hydrogen-bond donors (Lipinski definition) is 1. The van der Waals surface area contributed by atoms with Crippen LogP contribution in [0.1, 0.15) is 8.30 Å². The number of methoxy groups -OCH3 is 1. The fourth-order valence-corrected chi connectivity index (χ4v) is 1.50. The second-order valence-electron chi connectivity index (χ2n) is 3.44. The Morgan fingerprint density at radius 1 is 1.29 bits per heavy atom. The van der Waals surface area contributed by atoms with Crippen molar-refractivity contribution in [2.75, 3.05) is 7.11 Å². The van der Waals surface area contributed by atoms with E-state index >= 15 is 0 Å². The molecular formula is C13H13NO3. The Labute approximate surface area is 102 Å². The third-order valence-corrected chi connectivity index (χ3v) is 2.39. The monoisotopic (exact) mass is 233 g/mol. The molecule has 17 heavy (non-hydrogen) atoms. The van der Waals surface area contributed by atoms with Gasteiger partial charge in [-0.1, -0.05) is 0 Å². The van der Waals surface area contributed by atoms with E-state index in [1.54, 1.807) is 31.4 Å². The van der Waals surface area contributed by atoms with Crippen molar-refractivity contribution < 1.29 is 12.6 Å². The second-order valence-corrected chi connectivity index (χ2v) is 3.44. The van der Waals surface area contributed by atoms with Crippen LogP contribution in [0.4, 0.5) is 0 Å². The lowest BCUT2D eigenvalue weighted by molar-refractivity contribution is 0.281. The molecule has 1 aromatic carbocycles. The van der Waals surface area contributed by atoms with E-state index in [0.29, 0.717) is 11.4 Å². The van der Waals surface area contributed by atoms with Crippen LogP contribution in [0, 0.1) is 0 Å². The summed E-state index contributed by atoms with van der Waals surface area (Å²) < 4.78 is 20.8. The van der Waals surface area contributed by atoms with Crippen LogP contribution in [0.5, 0.6) is 5.75 Å². The number of nitrogens with zero attached hydrogens (tertiary/aromatic N) is 1. The molecule has 0 aliphatic carbocycles. The first-order valence-corrected chi connectivity index (χ1v) is 5.02. The highest BCUT2D eigenvalue weighted by Crippen LogP contribution is 2.13. The van der Waals surface area contributed by atoms with Crippen molar-refractivity contribution in [3.8, 4) is 11.4 Å². The minimum atomic E-state index is -2.48. The lowest BCUT2D eigenvalue weighted by Gasteiger charge is -2.07. The molecule has 88 valence electrons. The molecule has 2 aromatic rings. The Hall–Kier alpha value is -2.07. The second kappa shape index (κ2) is 4.84. The van der Waals surface area contributed by atoms with Gasteiger partial charge in [-0.15, -0.1) is 0 Å². The maximum absolute atomic E-state index is 11.8. The molecule has 1 aromatic heterocycles. The highest BCUT2D eigenvalue weighted by molar-refractivity contribution is 5.38. The van der Waals surface area contributed by atoms with E-state index in [-0.39, 0.29) is 11.1 Å². The van der Waals surface area contributed by atoms with Gasteiger partial charge in [-0.2, -0.15) is 0 Å². The molecule has 0 fully saturated rings. The molecule has 0 saturated heterocycles. The van der Waals surface area contributed by atoms with Crippen LogP contribution in [-0.2, 0) is 6.56 Å². The first-order chi connectivity index (χ1) is 8.91. The molecule has 0 bridgehead atoms. The van der Waals surface area contributed by atoms with Gasteiger partial charge < -0.3 is 9.84 Å². The van der Waals surface area contributed by atoms with Crippen LogP contribution in [0.2, 0.25) is 0 Å². The zero-order valence-electron chi connectivity index (χ0n) is 11.3. The number of pyridine rings is 1. The fraction of sp³-hybridized carbons (Fsp3) is 0.154. The van der Waals surface area contributed by atoms with E-state index < -0.39 is 6.56 Å². The summed E-state index contributed by atoms with van der Waals surface area (Å²) in [6, 6.07) is 9.23. The molecule has 0 atom stereocenters. The van der Waals surface area contributed by atoms with Gasteiger partial charge in [0.1, 0.15) is 5.75 Å². The van der Waals surface area contributed by atoms with Crippen LogP contribution in [0.25, 0.3) is 5.69 Å². The minimum absolute atomic E-state index is 0.0166. The number of ether oxygens (including phenoxy) is 1. The molecule has 4 nitrogen and oxygen atoms in total. The Balaban J connectivity index is 2.51. The number of aliphatic hydroxyl groups is 1. The van der Waals surface area contributed by atoms with Crippen molar-refractivity contribution in [2.45, 2.75) is 6.56 Å². The lowest BCUT2D eigenvalue weighted by atomic mass is 10.2. The molecule has 0 saturated carbocycles. The fourth-order valence-electron chi connectivity index (χ4n) is 1.50. The first kappa shape index (κ1) is 9.01. The van der Waals surface area contributed by atoms with Gasteiger partial charge in [-0.25, -0.2) is 0 Å². The third-order valence-electron chi connectivity index (χ3n) is 2.39. The van der Waals surface area contributed by atoms with Crippen LogP contribution in [0.15, 0.2) is 47.4 Å². The summed E-state index contributed by atoms with van der Waals surface area (Å²) >= 11 is 0. The standard InChI is InChI=1S/C13H13NO3/c1-17-12-5-3-11(4-6-12)14-8-10(9-15)2-7-13(14)16/h2-8,15H,9H2,1H3/i9D2. The molecule has 0 unspecified atom stereocenters. The van der Waals surface area contributed by atoms with Crippen molar-refractivity contribution in [3.05, 3.63) is 58.5 Å². The average Bonchev–Trinajstić information content (AvgIpc) is 2.38. The number of hydrogen-bond acceptors (Lipinski definition) is 3. The zero-order valence-corrected chi connectivity index (χ0v) is 9.25. The molecule has 0 amide bonds. The van der Waals surface area contributed by atoms with Crippen molar-refractivity contribution in [1.82, 2.24) is 4.57 Å². The SMILES string of the molecule is [2H]C([2H])(O)c1ccc(=O)n(-c2ccc(OC)cc2)c1. The van der Waals surface area contributed by atoms with Gasteiger partial charge in [0.25, 0.3) is 5.56 Å². The van der Waals surface area contributed by atoms with Gasteiger partial charge >= 0.3 is 0 Å². The maximum Gasteiger partial charge on any atom is 0.255 e. The summed E-state index contributed by atoms with van der Waals surface area (Å²) in [6.07, 6.45) is 1.28. The third kappa shape index (κ3) is 2.37. The quantitative estimate of drug-likeness (QED) is 0.870. The van der Waals surface area contributed by atoms with Gasteiger partial charge in [0.15, 0.2) is 0 Å². The number of aromatic nitrogens is 1. The molecule has 0 spiro atoms. The summed E-state index contributed by atoms with van der Waals surface area (Å²) in [5.74, 6) is 0.658. The summed E-state index contributed by atoms with van der Waals surface area (Å²) in [5.41, 5.74) is 0.276. The molecular weight excluding hydrogens is 218 g/mol. The Kier molecular flexibility index (Phi) is 2.57. The zero-order chi connectivity index (χ0) is 14.0. The van der Waals surface area contributed by atoms with Crippen molar-refractivity contribution >= 4 is 0 Å². The van der Waals surface area contributed by atoms with Crippen LogP contribution in [0.3, 0.4) is 0 Å². The highest BCUT2D eigenvalue weighted by Gasteiger charge is 2.01. The van der Waals surface area contributed by atoms with Crippen molar-refractivity contribution in [3.63, 3.8) is 0 Å². The summed E-state index contributed by atoms with van der Waals surface area (Å²) in [7, 11) is 1.54. The molecule has 1 N–H and O–H groups in total. The van der Waals surface area contributed by atoms with E-state index in [1.807, 2.05) is 0 Å². The number of rotatable bonds is 3. The van der Waals surface area contributed by atoms with Gasteiger partial charge in [0.05, 0.1) is 16.4 Å². The number of benzene rings is 1. The predicted octanol–water partition coefficient (Wildman–Crippen LogP) is 1.34. The lowest BCUT2D eigenvalue weighted by Crippen LogP contribution is -2.17.